The van der Waals surface area contributed by atoms with Crippen molar-refractivity contribution in [3.8, 4) is 0 Å². The van der Waals surface area contributed by atoms with Crippen LogP contribution in [0.1, 0.15) is 44.7 Å². The summed E-state index contributed by atoms with van der Waals surface area (Å²) in [4.78, 5) is 25.6. The zero-order valence-corrected chi connectivity index (χ0v) is 19.2. The van der Waals surface area contributed by atoms with Crippen LogP contribution in [0.2, 0.25) is 0 Å². The van der Waals surface area contributed by atoms with Gasteiger partial charge in [-0.05, 0) is 74.2 Å². The van der Waals surface area contributed by atoms with Gasteiger partial charge in [-0.25, -0.2) is 8.42 Å². The maximum absolute atomic E-state index is 13.1. The minimum atomic E-state index is -3.90. The molecule has 2 amide bonds. The number of hydrogen-bond acceptors (Lipinski definition) is 4. The summed E-state index contributed by atoms with van der Waals surface area (Å²) in [6, 6.07) is 18.3. The van der Waals surface area contributed by atoms with Crippen LogP contribution in [0.5, 0.6) is 0 Å². The molecule has 33 heavy (non-hydrogen) atoms. The SMILES string of the molecule is Cc1cccc(NS(=O)(=O)c2ccc(C)c(C(=O)Nc3ccccc3C(=O)NC3CC3)c2)c1. The lowest BCUT2D eigenvalue weighted by Crippen LogP contribution is -2.27. The lowest BCUT2D eigenvalue weighted by atomic mass is 10.1. The van der Waals surface area contributed by atoms with E-state index in [1.165, 1.54) is 12.1 Å². The van der Waals surface area contributed by atoms with Gasteiger partial charge in [0.05, 0.1) is 16.1 Å². The lowest BCUT2D eigenvalue weighted by molar-refractivity contribution is 0.0952. The fourth-order valence-corrected chi connectivity index (χ4v) is 4.48. The average Bonchev–Trinajstić information content (AvgIpc) is 3.58. The number of aryl methyl sites for hydroxylation is 2. The van der Waals surface area contributed by atoms with Gasteiger partial charge in [-0.3, -0.25) is 14.3 Å². The normalized spacial score (nSPS) is 13.3. The number of rotatable bonds is 7. The molecule has 0 heterocycles. The van der Waals surface area contributed by atoms with Crippen LogP contribution >= 0.6 is 0 Å². The fourth-order valence-electron chi connectivity index (χ4n) is 3.41. The van der Waals surface area contributed by atoms with Crippen molar-refractivity contribution in [1.82, 2.24) is 5.32 Å². The molecular formula is C25H25N3O4S. The fraction of sp³-hybridized carbons (Fsp3) is 0.200. The minimum Gasteiger partial charge on any atom is -0.349 e. The number of amides is 2. The summed E-state index contributed by atoms with van der Waals surface area (Å²) in [6.45, 7) is 3.60. The predicted octanol–water partition coefficient (Wildman–Crippen LogP) is 4.25. The highest BCUT2D eigenvalue weighted by molar-refractivity contribution is 7.92. The molecule has 0 saturated heterocycles. The second-order valence-corrected chi connectivity index (χ2v) is 9.88. The number of benzene rings is 3. The predicted molar refractivity (Wildman–Crippen MR) is 128 cm³/mol. The van der Waals surface area contributed by atoms with Crippen LogP contribution in [0.4, 0.5) is 11.4 Å². The van der Waals surface area contributed by atoms with Gasteiger partial charge in [-0.2, -0.15) is 0 Å². The Morgan fingerprint density at radius 3 is 2.33 bits per heavy atom. The standard InChI is InChI=1S/C25H25N3O4S/c1-16-6-5-7-19(14-16)28-33(31,32)20-13-10-17(2)22(15-20)25(30)27-23-9-4-3-8-21(23)24(29)26-18-11-12-18/h3-10,13-15,18,28H,11-12H2,1-2H3,(H,26,29)(H,27,30). The molecule has 0 spiro atoms. The molecule has 0 bridgehead atoms. The Bertz CT molecular complexity index is 1330. The molecule has 3 aromatic rings. The van der Waals surface area contributed by atoms with E-state index in [9.17, 15) is 18.0 Å². The largest absolute Gasteiger partial charge is 0.349 e. The molecule has 0 aliphatic heterocycles. The summed E-state index contributed by atoms with van der Waals surface area (Å²) < 4.78 is 28.4. The van der Waals surface area contributed by atoms with E-state index in [4.69, 9.17) is 0 Å². The van der Waals surface area contributed by atoms with E-state index in [0.717, 1.165) is 18.4 Å². The zero-order valence-electron chi connectivity index (χ0n) is 18.4. The molecule has 1 aliphatic carbocycles. The quantitative estimate of drug-likeness (QED) is 0.487. The maximum Gasteiger partial charge on any atom is 0.261 e. The number of para-hydroxylation sites is 1. The van der Waals surface area contributed by atoms with Crippen molar-refractivity contribution in [3.63, 3.8) is 0 Å². The van der Waals surface area contributed by atoms with Gasteiger partial charge in [0.1, 0.15) is 0 Å². The Morgan fingerprint density at radius 1 is 0.848 bits per heavy atom. The van der Waals surface area contributed by atoms with Crippen LogP contribution in [0.15, 0.2) is 71.6 Å². The van der Waals surface area contributed by atoms with E-state index in [1.807, 2.05) is 13.0 Å². The van der Waals surface area contributed by atoms with E-state index in [1.54, 1.807) is 55.5 Å². The third-order valence-electron chi connectivity index (χ3n) is 5.37. The van der Waals surface area contributed by atoms with Crippen molar-refractivity contribution in [1.29, 1.82) is 0 Å². The van der Waals surface area contributed by atoms with Crippen molar-refractivity contribution in [3.05, 3.63) is 89.0 Å². The minimum absolute atomic E-state index is 0.0282. The van der Waals surface area contributed by atoms with Gasteiger partial charge in [-0.15, -0.1) is 0 Å². The molecule has 3 N–H and O–H groups in total. The third-order valence-corrected chi connectivity index (χ3v) is 6.75. The van der Waals surface area contributed by atoms with Crippen LogP contribution in [0.25, 0.3) is 0 Å². The first-order valence-electron chi connectivity index (χ1n) is 10.6. The van der Waals surface area contributed by atoms with Gasteiger partial charge in [0.15, 0.2) is 0 Å². The topological polar surface area (TPSA) is 104 Å². The average molecular weight is 464 g/mol. The first-order valence-corrected chi connectivity index (χ1v) is 12.1. The number of carbonyl (C=O) groups excluding carboxylic acids is 2. The zero-order chi connectivity index (χ0) is 23.6. The molecule has 0 aromatic heterocycles. The smallest absolute Gasteiger partial charge is 0.261 e. The summed E-state index contributed by atoms with van der Waals surface area (Å²) >= 11 is 0. The third kappa shape index (κ3) is 5.40. The van der Waals surface area contributed by atoms with Crippen molar-refractivity contribution in [2.75, 3.05) is 10.0 Å². The lowest BCUT2D eigenvalue weighted by Gasteiger charge is -2.14. The Labute approximate surface area is 193 Å². The molecular weight excluding hydrogens is 438 g/mol. The summed E-state index contributed by atoms with van der Waals surface area (Å²) in [5.74, 6) is -0.740. The molecule has 7 nitrogen and oxygen atoms in total. The summed E-state index contributed by atoms with van der Waals surface area (Å²) in [7, 11) is -3.90. The molecule has 1 aliphatic rings. The molecule has 8 heteroatoms. The van der Waals surface area contributed by atoms with Gasteiger partial charge in [0.2, 0.25) is 0 Å². The number of nitrogens with one attached hydrogen (secondary N) is 3. The van der Waals surface area contributed by atoms with Gasteiger partial charge in [0.25, 0.3) is 21.8 Å². The number of carbonyl (C=O) groups is 2. The highest BCUT2D eigenvalue weighted by Gasteiger charge is 2.25. The van der Waals surface area contributed by atoms with Crippen LogP contribution in [-0.2, 0) is 10.0 Å². The van der Waals surface area contributed by atoms with E-state index < -0.39 is 15.9 Å². The highest BCUT2D eigenvalue weighted by atomic mass is 32.2. The van der Waals surface area contributed by atoms with Gasteiger partial charge in [-0.1, -0.05) is 30.3 Å². The summed E-state index contributed by atoms with van der Waals surface area (Å²) in [6.07, 6.45) is 1.91. The second-order valence-electron chi connectivity index (χ2n) is 8.20. The summed E-state index contributed by atoms with van der Waals surface area (Å²) in [5.41, 5.74) is 2.91. The van der Waals surface area contributed by atoms with Crippen LogP contribution < -0.4 is 15.4 Å². The highest BCUT2D eigenvalue weighted by Crippen LogP contribution is 2.24. The molecule has 0 atom stereocenters. The molecule has 170 valence electrons. The molecule has 0 radical (unpaired) electrons. The van der Waals surface area contributed by atoms with E-state index in [0.29, 0.717) is 22.5 Å². The first kappa shape index (κ1) is 22.5. The molecule has 1 fully saturated rings. The van der Waals surface area contributed by atoms with Gasteiger partial charge < -0.3 is 10.6 Å². The Hall–Kier alpha value is -3.65. The molecule has 4 rings (SSSR count). The second kappa shape index (κ2) is 9.07. The van der Waals surface area contributed by atoms with Crippen molar-refractivity contribution in [2.45, 2.75) is 37.6 Å². The molecule has 1 saturated carbocycles. The Morgan fingerprint density at radius 2 is 1.61 bits per heavy atom. The first-order chi connectivity index (χ1) is 15.7. The van der Waals surface area contributed by atoms with Crippen molar-refractivity contribution >= 4 is 33.2 Å². The monoisotopic (exact) mass is 463 g/mol. The van der Waals surface area contributed by atoms with E-state index >= 15 is 0 Å². The number of sulfonamides is 1. The number of anilines is 2. The molecule has 0 unspecified atom stereocenters. The van der Waals surface area contributed by atoms with Crippen LogP contribution in [-0.4, -0.2) is 26.3 Å². The van der Waals surface area contributed by atoms with E-state index in [2.05, 4.69) is 15.4 Å². The van der Waals surface area contributed by atoms with E-state index in [-0.39, 0.29) is 22.4 Å². The van der Waals surface area contributed by atoms with Gasteiger partial charge in [0, 0.05) is 17.3 Å². The van der Waals surface area contributed by atoms with Crippen LogP contribution in [0.3, 0.4) is 0 Å². The number of hydrogen-bond donors (Lipinski definition) is 3. The molecule has 3 aromatic carbocycles. The van der Waals surface area contributed by atoms with Crippen LogP contribution in [0, 0.1) is 13.8 Å². The van der Waals surface area contributed by atoms with Gasteiger partial charge >= 0.3 is 0 Å². The van der Waals surface area contributed by atoms with Crippen molar-refractivity contribution in [2.24, 2.45) is 0 Å². The Balaban J connectivity index is 1.58. The Kier molecular flexibility index (Phi) is 6.20. The van der Waals surface area contributed by atoms with Crippen molar-refractivity contribution < 1.29 is 18.0 Å². The maximum atomic E-state index is 13.1. The summed E-state index contributed by atoms with van der Waals surface area (Å²) in [5, 5.41) is 5.68.